The van der Waals surface area contributed by atoms with E-state index in [-0.39, 0.29) is 11.5 Å². The minimum Gasteiger partial charge on any atom is -0.506 e. The number of phenolic OH excluding ortho intramolecular Hbond substituents is 1. The molecule has 5 aliphatic rings. The van der Waals surface area contributed by atoms with E-state index in [9.17, 15) is 9.90 Å². The molecule has 2 aromatic carbocycles. The van der Waals surface area contributed by atoms with Gasteiger partial charge in [-0.15, -0.1) is 0 Å². The molecular formula is C24H23BrO8. The Bertz CT molecular complexity index is 1270. The van der Waals surface area contributed by atoms with Gasteiger partial charge in [-0.2, -0.15) is 0 Å². The first kappa shape index (κ1) is 20.5. The van der Waals surface area contributed by atoms with Crippen LogP contribution in [0.4, 0.5) is 0 Å². The van der Waals surface area contributed by atoms with Crippen molar-refractivity contribution in [2.24, 2.45) is 0 Å². The lowest BCUT2D eigenvalue weighted by Gasteiger charge is -2.48. The van der Waals surface area contributed by atoms with Crippen LogP contribution < -0.4 is 9.47 Å². The monoisotopic (exact) mass is 518 g/mol. The molecule has 0 aromatic heterocycles. The molecule has 33 heavy (non-hydrogen) atoms. The lowest BCUT2D eigenvalue weighted by atomic mass is 9.78. The Morgan fingerprint density at radius 3 is 2.73 bits per heavy atom. The van der Waals surface area contributed by atoms with Gasteiger partial charge in [0, 0.05) is 30.0 Å². The molecule has 2 bridgehead atoms. The smallest absolute Gasteiger partial charge is 0.276 e. The van der Waals surface area contributed by atoms with Crippen molar-refractivity contribution in [1.29, 1.82) is 0 Å². The van der Waals surface area contributed by atoms with E-state index in [1.165, 1.54) is 0 Å². The molecule has 1 aliphatic carbocycles. The van der Waals surface area contributed by atoms with E-state index in [1.807, 2.05) is 13.0 Å². The molecule has 7 rings (SSSR count). The number of hydrogen-bond donors (Lipinski definition) is 1. The summed E-state index contributed by atoms with van der Waals surface area (Å²) in [7, 11) is 3.16. The molecule has 174 valence electrons. The molecule has 3 saturated heterocycles. The number of carbonyl (C=O) groups excluding carboxylic acids is 1. The summed E-state index contributed by atoms with van der Waals surface area (Å²) >= 11 is 3.54. The molecule has 0 radical (unpaired) electrons. The molecule has 4 aliphatic heterocycles. The lowest BCUT2D eigenvalue weighted by molar-refractivity contribution is -0.283. The van der Waals surface area contributed by atoms with Crippen molar-refractivity contribution >= 4 is 32.5 Å². The number of carbonyl (C=O) groups is 1. The highest BCUT2D eigenvalue weighted by Gasteiger charge is 2.90. The fraction of sp³-hybridized carbons (Fsp3) is 0.542. The zero-order valence-corrected chi connectivity index (χ0v) is 20.0. The number of alkyl halides is 1. The van der Waals surface area contributed by atoms with Gasteiger partial charge >= 0.3 is 0 Å². The maximum Gasteiger partial charge on any atom is 0.276 e. The van der Waals surface area contributed by atoms with E-state index in [0.717, 1.165) is 23.1 Å². The number of benzene rings is 2. The predicted molar refractivity (Wildman–Crippen MR) is 118 cm³/mol. The van der Waals surface area contributed by atoms with Crippen molar-refractivity contribution in [3.05, 3.63) is 28.3 Å². The second kappa shape index (κ2) is 6.20. The van der Waals surface area contributed by atoms with E-state index in [4.69, 9.17) is 28.4 Å². The Labute approximate surface area is 198 Å². The SMILES string of the molecule is COc1c2c(c(O)c3c4c(c(C)cc13)C1OC3(CBr)OC1[C@@](OC)(O4)[C@@]31CO1)C(=O)CCC2. The first-order valence-electron chi connectivity index (χ1n) is 11.1. The Morgan fingerprint density at radius 2 is 2.06 bits per heavy atom. The van der Waals surface area contributed by atoms with Crippen LogP contribution in [0.2, 0.25) is 0 Å². The molecule has 0 amide bonds. The maximum absolute atomic E-state index is 12.9. The number of aromatic hydroxyl groups is 1. The van der Waals surface area contributed by atoms with E-state index in [0.29, 0.717) is 52.6 Å². The van der Waals surface area contributed by atoms with Gasteiger partial charge in [-0.25, -0.2) is 0 Å². The fourth-order valence-electron chi connectivity index (χ4n) is 6.56. The van der Waals surface area contributed by atoms with Gasteiger partial charge in [0.05, 0.1) is 30.0 Å². The topological polar surface area (TPSA) is 96.0 Å². The zero-order chi connectivity index (χ0) is 22.9. The quantitative estimate of drug-likeness (QED) is 0.487. The van der Waals surface area contributed by atoms with Crippen LogP contribution in [0.25, 0.3) is 10.8 Å². The Balaban J connectivity index is 1.58. The molecule has 9 heteroatoms. The number of hydrogen-bond acceptors (Lipinski definition) is 8. The predicted octanol–water partition coefficient (Wildman–Crippen LogP) is 3.45. The molecule has 8 nitrogen and oxygen atoms in total. The Hall–Kier alpha value is -1.91. The van der Waals surface area contributed by atoms with Crippen molar-refractivity contribution in [1.82, 2.24) is 0 Å². The van der Waals surface area contributed by atoms with Crippen LogP contribution in [-0.4, -0.2) is 60.3 Å². The molecule has 3 unspecified atom stereocenters. The van der Waals surface area contributed by atoms with Gasteiger partial charge in [-0.3, -0.25) is 4.79 Å². The highest BCUT2D eigenvalue weighted by Crippen LogP contribution is 2.71. The number of phenols is 1. The Kier molecular flexibility index (Phi) is 3.84. The van der Waals surface area contributed by atoms with Gasteiger partial charge in [0.2, 0.25) is 11.4 Å². The molecule has 4 heterocycles. The van der Waals surface area contributed by atoms with Crippen molar-refractivity contribution in [3.8, 4) is 17.2 Å². The molecular weight excluding hydrogens is 496 g/mol. The fourth-order valence-corrected chi connectivity index (χ4v) is 7.27. The second-order valence-corrected chi connectivity index (χ2v) is 9.98. The van der Waals surface area contributed by atoms with Gasteiger partial charge in [0.25, 0.3) is 5.79 Å². The van der Waals surface area contributed by atoms with Gasteiger partial charge in [-0.1, -0.05) is 15.9 Å². The molecule has 1 N–H and O–H groups in total. The molecule has 5 atom stereocenters. The van der Waals surface area contributed by atoms with E-state index in [2.05, 4.69) is 15.9 Å². The maximum atomic E-state index is 12.9. The van der Waals surface area contributed by atoms with Gasteiger partial charge < -0.3 is 33.5 Å². The van der Waals surface area contributed by atoms with Crippen LogP contribution in [0.5, 0.6) is 17.2 Å². The summed E-state index contributed by atoms with van der Waals surface area (Å²) in [5.41, 5.74) is 1.82. The standard InChI is InChI=1S/C24H23BrO8/c1-10-7-12-16(17(27)15-11(18(12)28-2)5-4-6-13(15)26)19-14(10)20-21-24(29-3,32-19)22(9-30-22)23(8-25,31-20)33-21/h7,20-21,27H,4-6,8-9H2,1-3H3/t20?,21?,22-,23?,24-/m1/s1. The Morgan fingerprint density at radius 1 is 1.27 bits per heavy atom. The van der Waals surface area contributed by atoms with Gasteiger partial charge in [0.1, 0.15) is 23.4 Å². The molecule has 0 saturated carbocycles. The molecule has 2 aromatic rings. The van der Waals surface area contributed by atoms with Crippen LogP contribution in [0, 0.1) is 6.92 Å². The number of ketones is 1. The number of ether oxygens (including phenoxy) is 6. The minimum atomic E-state index is -1.25. The summed E-state index contributed by atoms with van der Waals surface area (Å²) in [6, 6.07) is 1.97. The van der Waals surface area contributed by atoms with E-state index < -0.39 is 29.4 Å². The number of aryl methyl sites for hydroxylation is 1. The van der Waals surface area contributed by atoms with Crippen LogP contribution in [0.15, 0.2) is 6.07 Å². The number of epoxide rings is 1. The third-order valence-electron chi connectivity index (χ3n) is 8.05. The van der Waals surface area contributed by atoms with Crippen molar-refractivity contribution in [2.45, 2.75) is 55.6 Å². The van der Waals surface area contributed by atoms with Crippen LogP contribution in [0.3, 0.4) is 0 Å². The third kappa shape index (κ3) is 2.03. The number of rotatable bonds is 3. The summed E-state index contributed by atoms with van der Waals surface area (Å²) in [6.45, 7) is 2.33. The number of Topliss-reactive ketones (excluding diaryl/α,β-unsaturated/α-hetero) is 1. The van der Waals surface area contributed by atoms with Crippen LogP contribution >= 0.6 is 15.9 Å². The largest absolute Gasteiger partial charge is 0.506 e. The summed E-state index contributed by atoms with van der Waals surface area (Å²) in [6.07, 6.45) is 0.749. The number of halogens is 1. The van der Waals surface area contributed by atoms with E-state index >= 15 is 0 Å². The third-order valence-corrected chi connectivity index (χ3v) is 8.79. The lowest BCUT2D eigenvalue weighted by Crippen LogP contribution is -2.67. The highest BCUT2D eigenvalue weighted by molar-refractivity contribution is 9.09. The van der Waals surface area contributed by atoms with Gasteiger partial charge in [-0.05, 0) is 31.4 Å². The van der Waals surface area contributed by atoms with E-state index in [1.54, 1.807) is 14.2 Å². The summed E-state index contributed by atoms with van der Waals surface area (Å²) in [4.78, 5) is 12.9. The molecule has 1 spiro atoms. The zero-order valence-electron chi connectivity index (χ0n) is 18.5. The van der Waals surface area contributed by atoms with Crippen LogP contribution in [0.1, 0.15) is 46.0 Å². The second-order valence-electron chi connectivity index (χ2n) is 9.42. The average molecular weight is 519 g/mol. The number of methoxy groups -OCH3 is 2. The summed E-state index contributed by atoms with van der Waals surface area (Å²) in [5.74, 6) is -1.45. The summed E-state index contributed by atoms with van der Waals surface area (Å²) < 4.78 is 37.4. The highest BCUT2D eigenvalue weighted by atomic mass is 79.9. The minimum absolute atomic E-state index is 0.0813. The first-order chi connectivity index (χ1) is 15.9. The number of fused-ring (bicyclic) bond motifs is 8. The van der Waals surface area contributed by atoms with Crippen LogP contribution in [-0.2, 0) is 25.4 Å². The normalized spacial score (nSPS) is 37.3. The first-order valence-corrected chi connectivity index (χ1v) is 12.2. The van der Waals surface area contributed by atoms with Crippen molar-refractivity contribution in [2.75, 3.05) is 26.2 Å². The summed E-state index contributed by atoms with van der Waals surface area (Å²) in [5, 5.41) is 13.0. The molecule has 3 fully saturated rings. The van der Waals surface area contributed by atoms with Crippen molar-refractivity contribution in [3.63, 3.8) is 0 Å². The van der Waals surface area contributed by atoms with Crippen molar-refractivity contribution < 1.29 is 38.3 Å². The van der Waals surface area contributed by atoms with Gasteiger partial charge in [0.15, 0.2) is 11.9 Å². The average Bonchev–Trinajstić information content (AvgIpc) is 3.47.